The number of carbonyl (C=O) groups excluding carboxylic acids is 2. The molecule has 0 bridgehead atoms. The summed E-state index contributed by atoms with van der Waals surface area (Å²) in [4.78, 5) is 30.3. The van der Waals surface area contributed by atoms with Crippen LogP contribution in [0.5, 0.6) is 0 Å². The zero-order valence-corrected chi connectivity index (χ0v) is 13.2. The molecule has 5 heteroatoms. The lowest BCUT2D eigenvalue weighted by Crippen LogP contribution is -2.33. The van der Waals surface area contributed by atoms with Crippen molar-refractivity contribution in [2.75, 3.05) is 6.61 Å². The van der Waals surface area contributed by atoms with E-state index in [1.807, 2.05) is 6.07 Å². The van der Waals surface area contributed by atoms with Crippen LogP contribution in [0, 0.1) is 0 Å². The van der Waals surface area contributed by atoms with Gasteiger partial charge in [-0.2, -0.15) is 0 Å². The van der Waals surface area contributed by atoms with Crippen LogP contribution < -0.4 is 5.48 Å². The van der Waals surface area contributed by atoms with Gasteiger partial charge < -0.3 is 4.74 Å². The molecule has 1 unspecified atom stereocenters. The van der Waals surface area contributed by atoms with Crippen LogP contribution in [-0.4, -0.2) is 24.6 Å². The minimum atomic E-state index is -0.455. The highest BCUT2D eigenvalue weighted by molar-refractivity contribution is 6.15. The number of hydrogen-bond donors (Lipinski definition) is 1. The van der Waals surface area contributed by atoms with Crippen molar-refractivity contribution in [1.29, 1.82) is 0 Å². The predicted molar refractivity (Wildman–Crippen MR) is 88.5 cm³/mol. The number of hydrogen-bond acceptors (Lipinski definition) is 4. The Kier molecular flexibility index (Phi) is 5.36. The molecule has 124 valence electrons. The number of rotatable bonds is 5. The summed E-state index contributed by atoms with van der Waals surface area (Å²) in [6, 6.07) is 15.6. The first-order valence-electron chi connectivity index (χ1n) is 8.02. The molecule has 1 N–H and O–H groups in total. The fourth-order valence-corrected chi connectivity index (χ4v) is 2.60. The van der Waals surface area contributed by atoms with E-state index in [1.165, 1.54) is 0 Å². The van der Waals surface area contributed by atoms with Crippen molar-refractivity contribution in [3.05, 3.63) is 71.3 Å². The third-order valence-corrected chi connectivity index (χ3v) is 3.87. The van der Waals surface area contributed by atoms with E-state index in [2.05, 4.69) is 5.48 Å². The van der Waals surface area contributed by atoms with E-state index in [9.17, 15) is 9.59 Å². The Morgan fingerprint density at radius 2 is 1.67 bits per heavy atom. The SMILES string of the molecule is O=C(NOC1CCCCO1)c1ccccc1C(=O)c1ccccc1. The van der Waals surface area contributed by atoms with Crippen LogP contribution in [0.1, 0.15) is 45.5 Å². The second-order valence-corrected chi connectivity index (χ2v) is 5.59. The lowest BCUT2D eigenvalue weighted by atomic mass is 9.98. The Morgan fingerprint density at radius 1 is 0.958 bits per heavy atom. The van der Waals surface area contributed by atoms with Gasteiger partial charge in [-0.3, -0.25) is 9.59 Å². The standard InChI is InChI=1S/C19H19NO4/c21-18(14-8-2-1-3-9-14)15-10-4-5-11-16(15)19(22)20-24-17-12-6-7-13-23-17/h1-5,8-11,17H,6-7,12-13H2,(H,20,22). The lowest BCUT2D eigenvalue weighted by Gasteiger charge is -2.22. The molecule has 0 radical (unpaired) electrons. The van der Waals surface area contributed by atoms with Crippen molar-refractivity contribution >= 4 is 11.7 Å². The Balaban J connectivity index is 1.73. The number of nitrogens with one attached hydrogen (secondary N) is 1. The summed E-state index contributed by atoms with van der Waals surface area (Å²) in [6.07, 6.45) is 2.32. The highest BCUT2D eigenvalue weighted by Gasteiger charge is 2.20. The van der Waals surface area contributed by atoms with Gasteiger partial charge in [-0.1, -0.05) is 48.5 Å². The van der Waals surface area contributed by atoms with Crippen LogP contribution in [0.15, 0.2) is 54.6 Å². The molecule has 0 spiro atoms. The molecule has 1 atom stereocenters. The van der Waals surface area contributed by atoms with Gasteiger partial charge in [0.15, 0.2) is 12.1 Å². The summed E-state index contributed by atoms with van der Waals surface area (Å²) in [7, 11) is 0. The topological polar surface area (TPSA) is 64.6 Å². The summed E-state index contributed by atoms with van der Waals surface area (Å²) in [5.41, 5.74) is 3.56. The van der Waals surface area contributed by atoms with E-state index < -0.39 is 12.2 Å². The van der Waals surface area contributed by atoms with Crippen LogP contribution in [0.4, 0.5) is 0 Å². The van der Waals surface area contributed by atoms with Gasteiger partial charge >= 0.3 is 0 Å². The van der Waals surface area contributed by atoms with Crippen molar-refractivity contribution in [2.24, 2.45) is 0 Å². The zero-order chi connectivity index (χ0) is 16.8. The molecule has 24 heavy (non-hydrogen) atoms. The third kappa shape index (κ3) is 3.88. The van der Waals surface area contributed by atoms with Crippen LogP contribution in [0.25, 0.3) is 0 Å². The molecule has 2 aromatic carbocycles. The minimum absolute atomic E-state index is 0.199. The first-order valence-corrected chi connectivity index (χ1v) is 8.02. The van der Waals surface area contributed by atoms with E-state index >= 15 is 0 Å². The van der Waals surface area contributed by atoms with Gasteiger partial charge in [-0.25, -0.2) is 10.3 Å². The highest BCUT2D eigenvalue weighted by Crippen LogP contribution is 2.16. The summed E-state index contributed by atoms with van der Waals surface area (Å²) >= 11 is 0. The second-order valence-electron chi connectivity index (χ2n) is 5.59. The summed E-state index contributed by atoms with van der Waals surface area (Å²) in [5.74, 6) is -0.653. The highest BCUT2D eigenvalue weighted by atomic mass is 16.8. The maximum atomic E-state index is 12.6. The predicted octanol–water partition coefficient (Wildman–Crippen LogP) is 3.11. The Bertz CT molecular complexity index is 708. The Labute approximate surface area is 140 Å². The molecule has 1 fully saturated rings. The van der Waals surface area contributed by atoms with Crippen molar-refractivity contribution in [2.45, 2.75) is 25.6 Å². The molecular weight excluding hydrogens is 306 g/mol. The van der Waals surface area contributed by atoms with Gasteiger partial charge in [0.25, 0.3) is 5.91 Å². The van der Waals surface area contributed by atoms with E-state index in [-0.39, 0.29) is 11.3 Å². The first-order chi connectivity index (χ1) is 11.8. The largest absolute Gasteiger partial charge is 0.350 e. The maximum absolute atomic E-state index is 12.6. The van der Waals surface area contributed by atoms with Gasteiger partial charge in [0.2, 0.25) is 0 Å². The number of amides is 1. The van der Waals surface area contributed by atoms with E-state index in [0.29, 0.717) is 17.7 Å². The number of carbonyl (C=O) groups is 2. The normalized spacial score (nSPS) is 17.2. The number of ketones is 1. The second kappa shape index (κ2) is 7.86. The van der Waals surface area contributed by atoms with E-state index in [0.717, 1.165) is 19.3 Å². The zero-order valence-electron chi connectivity index (χ0n) is 13.2. The Morgan fingerprint density at radius 3 is 2.38 bits per heavy atom. The quantitative estimate of drug-likeness (QED) is 0.678. The molecule has 1 aliphatic rings. The fraction of sp³-hybridized carbons (Fsp3) is 0.263. The average Bonchev–Trinajstić information content (AvgIpc) is 2.67. The smallest absolute Gasteiger partial charge is 0.275 e. The van der Waals surface area contributed by atoms with Gasteiger partial charge in [0.05, 0.1) is 5.56 Å². The van der Waals surface area contributed by atoms with Gasteiger partial charge in [0.1, 0.15) is 0 Å². The van der Waals surface area contributed by atoms with E-state index in [4.69, 9.17) is 9.57 Å². The molecule has 2 aromatic rings. The van der Waals surface area contributed by atoms with Gasteiger partial charge in [0, 0.05) is 24.2 Å². The molecule has 0 aromatic heterocycles. The summed E-state index contributed by atoms with van der Waals surface area (Å²) in [5, 5.41) is 0. The van der Waals surface area contributed by atoms with Crippen LogP contribution >= 0.6 is 0 Å². The van der Waals surface area contributed by atoms with Crippen molar-refractivity contribution in [3.8, 4) is 0 Å². The molecule has 0 saturated carbocycles. The van der Waals surface area contributed by atoms with E-state index in [1.54, 1.807) is 48.5 Å². The van der Waals surface area contributed by atoms with Gasteiger partial charge in [-0.15, -0.1) is 0 Å². The maximum Gasteiger partial charge on any atom is 0.275 e. The molecule has 1 heterocycles. The average molecular weight is 325 g/mol. The summed E-state index contributed by atoms with van der Waals surface area (Å²) < 4.78 is 5.41. The van der Waals surface area contributed by atoms with Crippen molar-refractivity contribution in [1.82, 2.24) is 5.48 Å². The Hall–Kier alpha value is -2.50. The number of benzene rings is 2. The fourth-order valence-electron chi connectivity index (χ4n) is 2.60. The molecule has 1 amide bonds. The third-order valence-electron chi connectivity index (χ3n) is 3.87. The van der Waals surface area contributed by atoms with Crippen LogP contribution in [0.2, 0.25) is 0 Å². The van der Waals surface area contributed by atoms with Crippen LogP contribution in [0.3, 0.4) is 0 Å². The first kappa shape index (κ1) is 16.4. The number of ether oxygens (including phenoxy) is 1. The molecule has 0 aliphatic carbocycles. The van der Waals surface area contributed by atoms with Crippen molar-refractivity contribution < 1.29 is 19.2 Å². The van der Waals surface area contributed by atoms with Crippen LogP contribution in [-0.2, 0) is 9.57 Å². The number of hydroxylamine groups is 1. The molecule has 1 saturated heterocycles. The van der Waals surface area contributed by atoms with Gasteiger partial charge in [-0.05, 0) is 18.9 Å². The molecular formula is C19H19NO4. The minimum Gasteiger partial charge on any atom is -0.350 e. The lowest BCUT2D eigenvalue weighted by molar-refractivity contribution is -0.186. The monoisotopic (exact) mass is 325 g/mol. The summed E-state index contributed by atoms with van der Waals surface area (Å²) in [6.45, 7) is 0.629. The molecule has 1 aliphatic heterocycles. The molecule has 5 nitrogen and oxygen atoms in total. The molecule has 3 rings (SSSR count). The van der Waals surface area contributed by atoms with Crippen molar-refractivity contribution in [3.63, 3.8) is 0 Å².